The fourth-order valence-corrected chi connectivity index (χ4v) is 3.54. The third-order valence-corrected chi connectivity index (χ3v) is 5.16. The lowest BCUT2D eigenvalue weighted by atomic mass is 10.2. The minimum atomic E-state index is 0.486. The smallest absolute Gasteiger partial charge is 0.249 e. The number of benzene rings is 1. The molecule has 6 nitrogen and oxygen atoms in total. The van der Waals surface area contributed by atoms with Gasteiger partial charge in [-0.2, -0.15) is 0 Å². The molecule has 0 amide bonds. The summed E-state index contributed by atoms with van der Waals surface area (Å²) in [5.41, 5.74) is 3.11. The number of ether oxygens (including phenoxy) is 3. The highest BCUT2D eigenvalue weighted by Crippen LogP contribution is 2.21. The summed E-state index contributed by atoms with van der Waals surface area (Å²) in [6.07, 6.45) is 0. The molecule has 144 valence electrons. The van der Waals surface area contributed by atoms with Gasteiger partial charge >= 0.3 is 0 Å². The quantitative estimate of drug-likeness (QED) is 0.619. The average Bonchev–Trinajstić information content (AvgIpc) is 3.20. The number of fused-ring (bicyclic) bond motifs is 1. The van der Waals surface area contributed by atoms with E-state index in [9.17, 15) is 0 Å². The van der Waals surface area contributed by atoms with Gasteiger partial charge in [0.25, 0.3) is 0 Å². The van der Waals surface area contributed by atoms with Gasteiger partial charge in [-0.05, 0) is 30.2 Å². The zero-order valence-corrected chi connectivity index (χ0v) is 16.5. The molecule has 1 aromatic carbocycles. The number of thiophene rings is 1. The van der Waals surface area contributed by atoms with Crippen molar-refractivity contribution >= 4 is 22.4 Å². The lowest BCUT2D eigenvalue weighted by Crippen LogP contribution is -2.38. The second kappa shape index (κ2) is 9.02. The summed E-state index contributed by atoms with van der Waals surface area (Å²) in [6, 6.07) is 7.61. The van der Waals surface area contributed by atoms with Gasteiger partial charge in [0.05, 0.1) is 20.3 Å². The summed E-state index contributed by atoms with van der Waals surface area (Å²) >= 11 is 1.57. The van der Waals surface area contributed by atoms with Crippen LogP contribution in [0, 0.1) is 11.8 Å². The van der Waals surface area contributed by atoms with Gasteiger partial charge < -0.3 is 14.2 Å². The van der Waals surface area contributed by atoms with E-state index in [4.69, 9.17) is 14.2 Å². The van der Waals surface area contributed by atoms with Crippen molar-refractivity contribution in [3.63, 3.8) is 0 Å². The van der Waals surface area contributed by atoms with E-state index in [2.05, 4.69) is 26.7 Å². The summed E-state index contributed by atoms with van der Waals surface area (Å²) in [5.74, 6) is 7.55. The lowest BCUT2D eigenvalue weighted by Gasteiger charge is -2.26. The van der Waals surface area contributed by atoms with Crippen LogP contribution in [0.5, 0.6) is 11.6 Å². The SMILES string of the molecule is COc1ccc(C#Cc2nc3cscc3nc2OCCN2CCOCC2)cc1. The van der Waals surface area contributed by atoms with Crippen LogP contribution in [-0.4, -0.2) is 61.4 Å². The van der Waals surface area contributed by atoms with E-state index in [1.807, 2.05) is 35.0 Å². The van der Waals surface area contributed by atoms with Gasteiger partial charge in [0.2, 0.25) is 5.88 Å². The van der Waals surface area contributed by atoms with Crippen molar-refractivity contribution < 1.29 is 14.2 Å². The number of hydrogen-bond acceptors (Lipinski definition) is 7. The normalized spacial score (nSPS) is 14.5. The molecule has 1 saturated heterocycles. The first-order valence-electron chi connectivity index (χ1n) is 9.15. The van der Waals surface area contributed by atoms with Crippen molar-refractivity contribution in [2.45, 2.75) is 0 Å². The summed E-state index contributed by atoms with van der Waals surface area (Å²) in [7, 11) is 1.65. The van der Waals surface area contributed by atoms with E-state index in [-0.39, 0.29) is 0 Å². The van der Waals surface area contributed by atoms with Gasteiger partial charge in [0.1, 0.15) is 23.4 Å². The highest BCUT2D eigenvalue weighted by Gasteiger charge is 2.12. The number of rotatable bonds is 5. The molecule has 3 aromatic rings. The number of nitrogens with zero attached hydrogens (tertiary/aromatic N) is 3. The molecule has 0 radical (unpaired) electrons. The monoisotopic (exact) mass is 395 g/mol. The lowest BCUT2D eigenvalue weighted by molar-refractivity contribution is 0.0320. The molecular formula is C21H21N3O3S. The van der Waals surface area contributed by atoms with Crippen LogP contribution < -0.4 is 9.47 Å². The predicted molar refractivity (Wildman–Crippen MR) is 109 cm³/mol. The summed E-state index contributed by atoms with van der Waals surface area (Å²) in [6.45, 7) is 4.80. The van der Waals surface area contributed by atoms with Crippen LogP contribution in [0.4, 0.5) is 0 Å². The highest BCUT2D eigenvalue weighted by molar-refractivity contribution is 7.09. The van der Waals surface area contributed by atoms with Gasteiger partial charge in [0, 0.05) is 36.0 Å². The maximum absolute atomic E-state index is 5.97. The van der Waals surface area contributed by atoms with Crippen molar-refractivity contribution in [2.75, 3.05) is 46.6 Å². The molecule has 0 atom stereocenters. The number of aromatic nitrogens is 2. The van der Waals surface area contributed by atoms with Crippen molar-refractivity contribution in [3.8, 4) is 23.5 Å². The molecular weight excluding hydrogens is 374 g/mol. The van der Waals surface area contributed by atoms with E-state index in [1.54, 1.807) is 18.4 Å². The van der Waals surface area contributed by atoms with Crippen LogP contribution in [0.3, 0.4) is 0 Å². The van der Waals surface area contributed by atoms with Gasteiger partial charge in [-0.1, -0.05) is 5.92 Å². The Bertz CT molecular complexity index is 986. The van der Waals surface area contributed by atoms with Crippen molar-refractivity contribution in [2.24, 2.45) is 0 Å². The molecule has 1 aliphatic heterocycles. The van der Waals surface area contributed by atoms with Crippen LogP contribution in [0.25, 0.3) is 11.0 Å². The average molecular weight is 395 g/mol. The van der Waals surface area contributed by atoms with Crippen LogP contribution in [0.1, 0.15) is 11.3 Å². The molecule has 3 heterocycles. The van der Waals surface area contributed by atoms with E-state index in [1.165, 1.54) is 0 Å². The van der Waals surface area contributed by atoms with Gasteiger partial charge in [-0.25, -0.2) is 9.97 Å². The van der Waals surface area contributed by atoms with E-state index < -0.39 is 0 Å². The number of methoxy groups -OCH3 is 1. The number of hydrogen-bond donors (Lipinski definition) is 0. The van der Waals surface area contributed by atoms with E-state index in [0.717, 1.165) is 55.2 Å². The number of morpholine rings is 1. The maximum atomic E-state index is 5.97. The van der Waals surface area contributed by atoms with Gasteiger partial charge in [-0.15, -0.1) is 11.3 Å². The zero-order valence-electron chi connectivity index (χ0n) is 15.7. The van der Waals surface area contributed by atoms with Crippen molar-refractivity contribution in [3.05, 3.63) is 46.3 Å². The highest BCUT2D eigenvalue weighted by atomic mass is 32.1. The largest absolute Gasteiger partial charge is 0.497 e. The molecule has 0 aliphatic carbocycles. The minimum absolute atomic E-state index is 0.486. The molecule has 1 fully saturated rings. The molecule has 28 heavy (non-hydrogen) atoms. The van der Waals surface area contributed by atoms with Crippen LogP contribution >= 0.6 is 11.3 Å². The Hall–Kier alpha value is -2.66. The van der Waals surface area contributed by atoms with Crippen LogP contribution in [0.2, 0.25) is 0 Å². The molecule has 0 bridgehead atoms. The Morgan fingerprint density at radius 2 is 1.82 bits per heavy atom. The van der Waals surface area contributed by atoms with Gasteiger partial charge in [0.15, 0.2) is 5.69 Å². The van der Waals surface area contributed by atoms with E-state index >= 15 is 0 Å². The summed E-state index contributed by atoms with van der Waals surface area (Å²) < 4.78 is 16.5. The second-order valence-corrected chi connectivity index (χ2v) is 7.04. The van der Waals surface area contributed by atoms with Crippen LogP contribution in [0.15, 0.2) is 35.0 Å². The first-order chi connectivity index (χ1) is 13.8. The molecule has 0 N–H and O–H groups in total. The van der Waals surface area contributed by atoms with Crippen LogP contribution in [-0.2, 0) is 4.74 Å². The van der Waals surface area contributed by atoms with E-state index in [0.29, 0.717) is 18.2 Å². The summed E-state index contributed by atoms with van der Waals surface area (Å²) in [4.78, 5) is 11.6. The Morgan fingerprint density at radius 3 is 2.57 bits per heavy atom. The topological polar surface area (TPSA) is 56.7 Å². The molecule has 0 spiro atoms. The third kappa shape index (κ3) is 4.60. The molecule has 4 rings (SSSR count). The third-order valence-electron chi connectivity index (χ3n) is 4.44. The maximum Gasteiger partial charge on any atom is 0.249 e. The van der Waals surface area contributed by atoms with Gasteiger partial charge in [-0.3, -0.25) is 4.90 Å². The fraction of sp³-hybridized carbons (Fsp3) is 0.333. The predicted octanol–water partition coefficient (Wildman–Crippen LogP) is 2.81. The minimum Gasteiger partial charge on any atom is -0.497 e. The first kappa shape index (κ1) is 18.7. The standard InChI is InChI=1S/C21H21N3O3S/c1-25-17-5-2-16(3-6-17)4-7-18-21(23-20-15-28-14-19(20)22-18)27-13-10-24-8-11-26-12-9-24/h2-3,5-6,14-15H,8-13H2,1H3. The Morgan fingerprint density at radius 1 is 1.07 bits per heavy atom. The van der Waals surface area contributed by atoms with Crippen molar-refractivity contribution in [1.29, 1.82) is 0 Å². The Balaban J connectivity index is 1.52. The molecule has 7 heteroatoms. The second-order valence-electron chi connectivity index (χ2n) is 6.30. The molecule has 1 aliphatic rings. The van der Waals surface area contributed by atoms with Crippen molar-refractivity contribution in [1.82, 2.24) is 14.9 Å². The Kier molecular flexibility index (Phi) is 6.02. The molecule has 2 aromatic heterocycles. The fourth-order valence-electron chi connectivity index (χ4n) is 2.87. The summed E-state index contributed by atoms with van der Waals surface area (Å²) in [5, 5.41) is 3.94. The first-order valence-corrected chi connectivity index (χ1v) is 10.1. The molecule has 0 saturated carbocycles. The Labute approximate surface area is 168 Å². The molecule has 0 unspecified atom stereocenters. The zero-order chi connectivity index (χ0) is 19.2.